The predicted molar refractivity (Wildman–Crippen MR) is 103 cm³/mol. The second kappa shape index (κ2) is 8.43. The zero-order valence-electron chi connectivity index (χ0n) is 14.0. The average molecular weight is 399 g/mol. The molecular weight excluding hydrogens is 379 g/mol. The molecule has 134 valence electrons. The van der Waals surface area contributed by atoms with Crippen molar-refractivity contribution in [2.24, 2.45) is 0 Å². The molecule has 1 fully saturated rings. The van der Waals surface area contributed by atoms with Gasteiger partial charge < -0.3 is 9.88 Å². The van der Waals surface area contributed by atoms with Gasteiger partial charge in [-0.05, 0) is 31.9 Å². The minimum absolute atomic E-state index is 0.151. The van der Waals surface area contributed by atoms with Gasteiger partial charge in [-0.2, -0.15) is 0 Å². The van der Waals surface area contributed by atoms with E-state index in [0.29, 0.717) is 21.7 Å². The Morgan fingerprint density at radius 2 is 2.08 bits per heavy atom. The van der Waals surface area contributed by atoms with Crippen molar-refractivity contribution in [3.63, 3.8) is 0 Å². The number of nitrogens with one attached hydrogen (secondary N) is 1. The van der Waals surface area contributed by atoms with Crippen molar-refractivity contribution >= 4 is 46.6 Å². The molecule has 8 heteroatoms. The van der Waals surface area contributed by atoms with Gasteiger partial charge in [0.2, 0.25) is 5.91 Å². The Morgan fingerprint density at radius 1 is 1.32 bits per heavy atom. The molecule has 0 bridgehead atoms. The van der Waals surface area contributed by atoms with Crippen LogP contribution in [0, 0.1) is 0 Å². The van der Waals surface area contributed by atoms with E-state index in [9.17, 15) is 4.79 Å². The van der Waals surface area contributed by atoms with Crippen LogP contribution < -0.4 is 5.32 Å². The van der Waals surface area contributed by atoms with Crippen molar-refractivity contribution in [2.75, 3.05) is 11.1 Å². The van der Waals surface area contributed by atoms with Crippen LogP contribution in [0.5, 0.6) is 0 Å². The lowest BCUT2D eigenvalue weighted by atomic mass is 10.1. The molecule has 1 aliphatic carbocycles. The van der Waals surface area contributed by atoms with Gasteiger partial charge in [0.05, 0.1) is 21.5 Å². The fraction of sp³-hybridized carbons (Fsp3) is 0.471. The molecule has 0 radical (unpaired) electrons. The predicted octanol–water partition coefficient (Wildman–Crippen LogP) is 4.99. The van der Waals surface area contributed by atoms with Crippen molar-refractivity contribution in [2.45, 2.75) is 50.2 Å². The molecule has 0 atom stereocenters. The van der Waals surface area contributed by atoms with Crippen LogP contribution in [0.4, 0.5) is 5.69 Å². The highest BCUT2D eigenvalue weighted by Gasteiger charge is 2.24. The van der Waals surface area contributed by atoms with Crippen molar-refractivity contribution < 1.29 is 4.79 Å². The van der Waals surface area contributed by atoms with Gasteiger partial charge in [0.1, 0.15) is 5.82 Å². The Kier molecular flexibility index (Phi) is 6.25. The Hall–Kier alpha value is -1.24. The summed E-state index contributed by atoms with van der Waals surface area (Å²) in [6.45, 7) is 2.89. The van der Waals surface area contributed by atoms with Gasteiger partial charge in [-0.1, -0.05) is 53.9 Å². The Bertz CT molecular complexity index is 759. The molecule has 1 heterocycles. The van der Waals surface area contributed by atoms with E-state index >= 15 is 0 Å². The number of aromatic nitrogens is 3. The lowest BCUT2D eigenvalue weighted by molar-refractivity contribution is -0.113. The summed E-state index contributed by atoms with van der Waals surface area (Å²) in [4.78, 5) is 12.2. The maximum absolute atomic E-state index is 12.2. The molecule has 0 aliphatic heterocycles. The summed E-state index contributed by atoms with van der Waals surface area (Å²) in [6, 6.07) is 5.16. The highest BCUT2D eigenvalue weighted by Crippen LogP contribution is 2.34. The first kappa shape index (κ1) is 18.5. The number of rotatable bonds is 6. The van der Waals surface area contributed by atoms with E-state index in [4.69, 9.17) is 23.2 Å². The van der Waals surface area contributed by atoms with Gasteiger partial charge >= 0.3 is 0 Å². The van der Waals surface area contributed by atoms with Crippen molar-refractivity contribution in [3.05, 3.63) is 34.1 Å². The second-order valence-corrected chi connectivity index (χ2v) is 7.73. The summed E-state index contributed by atoms with van der Waals surface area (Å²) in [5.41, 5.74) is 0.517. The van der Waals surface area contributed by atoms with Crippen molar-refractivity contribution in [1.82, 2.24) is 14.8 Å². The van der Waals surface area contributed by atoms with Gasteiger partial charge in [-0.15, -0.1) is 10.2 Å². The Balaban J connectivity index is 1.63. The van der Waals surface area contributed by atoms with E-state index in [-0.39, 0.29) is 11.7 Å². The lowest BCUT2D eigenvalue weighted by Gasteiger charge is -2.12. The van der Waals surface area contributed by atoms with Gasteiger partial charge in [0, 0.05) is 12.5 Å². The number of hydrogen-bond acceptors (Lipinski definition) is 4. The molecule has 2 aromatic rings. The summed E-state index contributed by atoms with van der Waals surface area (Å²) in [5.74, 6) is 1.65. The SMILES string of the molecule is CCn1c(SCC(=O)Nc2cccc(Cl)c2Cl)nnc1C1CCCC1. The van der Waals surface area contributed by atoms with Crippen LogP contribution >= 0.6 is 35.0 Å². The van der Waals surface area contributed by atoms with E-state index in [0.717, 1.165) is 17.5 Å². The fourth-order valence-corrected chi connectivity index (χ4v) is 4.26. The maximum atomic E-state index is 12.2. The van der Waals surface area contributed by atoms with Crippen LogP contribution in [-0.4, -0.2) is 26.4 Å². The second-order valence-electron chi connectivity index (χ2n) is 6.00. The molecule has 0 unspecified atom stereocenters. The van der Waals surface area contributed by atoms with E-state index in [1.807, 2.05) is 0 Å². The van der Waals surface area contributed by atoms with Crippen LogP contribution in [0.15, 0.2) is 23.4 Å². The summed E-state index contributed by atoms with van der Waals surface area (Å²) in [5, 5.41) is 13.0. The van der Waals surface area contributed by atoms with Crippen LogP contribution in [0.2, 0.25) is 10.0 Å². The first-order valence-corrected chi connectivity index (χ1v) is 10.1. The quantitative estimate of drug-likeness (QED) is 0.695. The molecule has 25 heavy (non-hydrogen) atoms. The first-order valence-electron chi connectivity index (χ1n) is 8.40. The molecule has 1 saturated carbocycles. The standard InChI is InChI=1S/C17H20Cl2N4OS/c1-2-23-16(11-6-3-4-7-11)21-22-17(23)25-10-14(24)20-13-9-5-8-12(18)15(13)19/h5,8-9,11H,2-4,6-7,10H2,1H3,(H,20,24). The van der Waals surface area contributed by atoms with Gasteiger partial charge in [-0.3, -0.25) is 4.79 Å². The van der Waals surface area contributed by atoms with Gasteiger partial charge in [-0.25, -0.2) is 0 Å². The third-order valence-electron chi connectivity index (χ3n) is 4.34. The molecule has 3 rings (SSSR count). The molecule has 1 aliphatic rings. The molecule has 0 saturated heterocycles. The number of nitrogens with zero attached hydrogens (tertiary/aromatic N) is 3. The highest BCUT2D eigenvalue weighted by atomic mass is 35.5. The molecule has 1 aromatic carbocycles. The summed E-state index contributed by atoms with van der Waals surface area (Å²) in [6.07, 6.45) is 4.87. The third kappa shape index (κ3) is 4.30. The largest absolute Gasteiger partial charge is 0.324 e. The lowest BCUT2D eigenvalue weighted by Crippen LogP contribution is -2.15. The smallest absolute Gasteiger partial charge is 0.234 e. The van der Waals surface area contributed by atoms with Crippen LogP contribution in [0.3, 0.4) is 0 Å². The fourth-order valence-electron chi connectivity index (χ4n) is 3.11. The van der Waals surface area contributed by atoms with Crippen LogP contribution in [-0.2, 0) is 11.3 Å². The van der Waals surface area contributed by atoms with Crippen LogP contribution in [0.25, 0.3) is 0 Å². The monoisotopic (exact) mass is 398 g/mol. The summed E-state index contributed by atoms with van der Waals surface area (Å²) < 4.78 is 2.13. The van der Waals surface area contributed by atoms with Gasteiger partial charge in [0.25, 0.3) is 0 Å². The topological polar surface area (TPSA) is 59.8 Å². The number of carbonyl (C=O) groups excluding carboxylic acids is 1. The molecule has 1 amide bonds. The molecule has 1 aromatic heterocycles. The van der Waals surface area contributed by atoms with E-state index < -0.39 is 0 Å². The number of hydrogen-bond donors (Lipinski definition) is 1. The zero-order chi connectivity index (χ0) is 17.8. The summed E-state index contributed by atoms with van der Waals surface area (Å²) in [7, 11) is 0. The normalized spacial score (nSPS) is 14.8. The Morgan fingerprint density at radius 3 is 2.80 bits per heavy atom. The molecule has 0 spiro atoms. The number of carbonyl (C=O) groups is 1. The number of anilines is 1. The number of halogens is 2. The van der Waals surface area contributed by atoms with Crippen molar-refractivity contribution in [3.8, 4) is 0 Å². The van der Waals surface area contributed by atoms with Gasteiger partial charge in [0.15, 0.2) is 5.16 Å². The van der Waals surface area contributed by atoms with Crippen molar-refractivity contribution in [1.29, 1.82) is 0 Å². The minimum Gasteiger partial charge on any atom is -0.324 e. The van der Waals surface area contributed by atoms with Crippen LogP contribution in [0.1, 0.15) is 44.3 Å². The number of benzene rings is 1. The first-order chi connectivity index (χ1) is 12.1. The highest BCUT2D eigenvalue weighted by molar-refractivity contribution is 7.99. The Labute approximate surface area is 161 Å². The third-order valence-corrected chi connectivity index (χ3v) is 6.13. The molecular formula is C17H20Cl2N4OS. The minimum atomic E-state index is -0.151. The zero-order valence-corrected chi connectivity index (χ0v) is 16.3. The maximum Gasteiger partial charge on any atom is 0.234 e. The number of thioether (sulfide) groups is 1. The average Bonchev–Trinajstić information content (AvgIpc) is 3.25. The number of amides is 1. The molecule has 1 N–H and O–H groups in total. The molecule has 5 nitrogen and oxygen atoms in total. The van der Waals surface area contributed by atoms with E-state index in [2.05, 4.69) is 27.0 Å². The summed E-state index contributed by atoms with van der Waals surface area (Å²) >= 11 is 13.5. The van der Waals surface area contributed by atoms with E-state index in [1.165, 1.54) is 37.4 Å². The van der Waals surface area contributed by atoms with E-state index in [1.54, 1.807) is 18.2 Å².